The van der Waals surface area contributed by atoms with Gasteiger partial charge in [-0.15, -0.1) is 0 Å². The topological polar surface area (TPSA) is 43.8 Å². The molecule has 0 amide bonds. The van der Waals surface area contributed by atoms with Gasteiger partial charge in [-0.2, -0.15) is 0 Å². The van der Waals surface area contributed by atoms with Crippen molar-refractivity contribution in [1.82, 2.24) is 9.55 Å². The molecule has 1 atom stereocenters. The van der Waals surface area contributed by atoms with Crippen LogP contribution in [0.2, 0.25) is 10.0 Å². The van der Waals surface area contributed by atoms with Gasteiger partial charge in [0.05, 0.1) is 34.0 Å². The predicted octanol–water partition coefficient (Wildman–Crippen LogP) is 3.96. The molecular weight excluding hydrogens is 325 g/mol. The molecule has 0 aliphatic carbocycles. The Balaban J connectivity index is 2.61. The summed E-state index contributed by atoms with van der Waals surface area (Å²) in [7, 11) is 0. The average molecular weight is 335 g/mol. The third-order valence-corrected chi connectivity index (χ3v) is 4.17. The summed E-state index contributed by atoms with van der Waals surface area (Å²) in [5, 5.41) is 0.953. The second-order valence-electron chi connectivity index (χ2n) is 3.67. The molecule has 6 heteroatoms. The number of hydrogen-bond donors (Lipinski definition) is 1. The van der Waals surface area contributed by atoms with Crippen LogP contribution in [0.15, 0.2) is 29.1 Å². The van der Waals surface area contributed by atoms with Crippen molar-refractivity contribution in [1.29, 1.82) is 0 Å². The highest BCUT2D eigenvalue weighted by Crippen LogP contribution is 2.35. The fourth-order valence-corrected chi connectivity index (χ4v) is 2.41. The van der Waals surface area contributed by atoms with Crippen LogP contribution in [0.1, 0.15) is 18.7 Å². The lowest BCUT2D eigenvalue weighted by atomic mass is 10.2. The Bertz CT molecular complexity index is 552. The Morgan fingerprint density at radius 1 is 1.35 bits per heavy atom. The molecule has 0 saturated carbocycles. The zero-order valence-corrected chi connectivity index (χ0v) is 12.1. The molecule has 1 heterocycles. The van der Waals surface area contributed by atoms with Crippen molar-refractivity contribution in [3.63, 3.8) is 0 Å². The molecule has 0 bridgehead atoms. The van der Waals surface area contributed by atoms with E-state index in [-0.39, 0.29) is 6.04 Å². The van der Waals surface area contributed by atoms with E-state index in [2.05, 4.69) is 20.9 Å². The largest absolute Gasteiger partial charge is 0.323 e. The van der Waals surface area contributed by atoms with Crippen molar-refractivity contribution in [3.05, 3.63) is 44.9 Å². The van der Waals surface area contributed by atoms with Gasteiger partial charge in [0.15, 0.2) is 0 Å². The van der Waals surface area contributed by atoms with E-state index in [9.17, 15) is 0 Å². The van der Waals surface area contributed by atoms with Gasteiger partial charge in [-0.3, -0.25) is 0 Å². The van der Waals surface area contributed by atoms with Crippen molar-refractivity contribution in [3.8, 4) is 5.69 Å². The third kappa shape index (κ3) is 2.36. The molecule has 0 aliphatic rings. The number of halogens is 3. The second-order valence-corrected chi connectivity index (χ2v) is 5.28. The van der Waals surface area contributed by atoms with Gasteiger partial charge >= 0.3 is 0 Å². The molecule has 0 saturated heterocycles. The van der Waals surface area contributed by atoms with Gasteiger partial charge in [0.25, 0.3) is 0 Å². The van der Waals surface area contributed by atoms with E-state index < -0.39 is 0 Å². The van der Waals surface area contributed by atoms with Crippen LogP contribution in [0.5, 0.6) is 0 Å². The fraction of sp³-hybridized carbons (Fsp3) is 0.182. The highest BCUT2D eigenvalue weighted by molar-refractivity contribution is 9.10. The van der Waals surface area contributed by atoms with Crippen LogP contribution < -0.4 is 5.73 Å². The maximum absolute atomic E-state index is 6.22. The quantitative estimate of drug-likeness (QED) is 0.845. The molecule has 17 heavy (non-hydrogen) atoms. The molecular formula is C11H10BrCl2N3. The lowest BCUT2D eigenvalue weighted by Crippen LogP contribution is -2.10. The first-order chi connectivity index (χ1) is 8.02. The smallest absolute Gasteiger partial charge is 0.0995 e. The third-order valence-electron chi connectivity index (χ3n) is 2.41. The molecule has 2 rings (SSSR count). The Morgan fingerprint density at radius 3 is 2.71 bits per heavy atom. The molecule has 3 nitrogen and oxygen atoms in total. The summed E-state index contributed by atoms with van der Waals surface area (Å²) in [5.41, 5.74) is 7.52. The van der Waals surface area contributed by atoms with E-state index in [0.717, 1.165) is 15.9 Å². The van der Waals surface area contributed by atoms with Gasteiger partial charge in [-0.25, -0.2) is 4.98 Å². The number of hydrogen-bond acceptors (Lipinski definition) is 2. The summed E-state index contributed by atoms with van der Waals surface area (Å²) in [6.07, 6.45) is 3.39. The summed E-state index contributed by atoms with van der Waals surface area (Å²) in [6.45, 7) is 1.89. The molecule has 0 fully saturated rings. The number of imidazole rings is 1. The summed E-state index contributed by atoms with van der Waals surface area (Å²) in [4.78, 5) is 4.08. The average Bonchev–Trinajstić information content (AvgIpc) is 2.75. The van der Waals surface area contributed by atoms with Crippen molar-refractivity contribution >= 4 is 39.1 Å². The summed E-state index contributed by atoms with van der Waals surface area (Å²) in [5.74, 6) is 0. The molecule has 2 N–H and O–H groups in total. The van der Waals surface area contributed by atoms with Crippen molar-refractivity contribution in [2.75, 3.05) is 0 Å². The predicted molar refractivity (Wildman–Crippen MR) is 73.9 cm³/mol. The van der Waals surface area contributed by atoms with E-state index in [1.165, 1.54) is 0 Å². The zero-order chi connectivity index (χ0) is 12.6. The first-order valence-electron chi connectivity index (χ1n) is 4.94. The van der Waals surface area contributed by atoms with Crippen molar-refractivity contribution in [2.45, 2.75) is 13.0 Å². The van der Waals surface area contributed by atoms with Crippen LogP contribution in [0.4, 0.5) is 0 Å². The van der Waals surface area contributed by atoms with Crippen LogP contribution in [0.3, 0.4) is 0 Å². The fourth-order valence-electron chi connectivity index (χ4n) is 1.55. The summed E-state index contributed by atoms with van der Waals surface area (Å²) < 4.78 is 2.60. The Kier molecular flexibility index (Phi) is 3.78. The molecule has 1 aromatic carbocycles. The van der Waals surface area contributed by atoms with Crippen LogP contribution in [0.25, 0.3) is 5.69 Å². The number of nitrogens with two attached hydrogens (primary N) is 1. The van der Waals surface area contributed by atoms with Crippen LogP contribution >= 0.6 is 39.1 Å². The maximum atomic E-state index is 6.22. The van der Waals surface area contributed by atoms with Gasteiger partial charge in [0.2, 0.25) is 0 Å². The number of benzene rings is 1. The Labute approximate surface area is 118 Å². The molecule has 0 radical (unpaired) electrons. The van der Waals surface area contributed by atoms with E-state index >= 15 is 0 Å². The number of nitrogens with zero attached hydrogens (tertiary/aromatic N) is 2. The zero-order valence-electron chi connectivity index (χ0n) is 8.99. The van der Waals surface area contributed by atoms with Gasteiger partial charge in [-0.05, 0) is 35.0 Å². The van der Waals surface area contributed by atoms with E-state index in [1.807, 2.05) is 23.6 Å². The minimum Gasteiger partial charge on any atom is -0.323 e. The standard InChI is InChI=1S/C11H10BrCl2N3/c1-6(15)9-4-16-5-17(9)8-3-2-7(12)10(13)11(8)14/h2-6H,15H2,1H3. The lowest BCUT2D eigenvalue weighted by Gasteiger charge is -2.13. The number of rotatable bonds is 2. The molecule has 2 aromatic rings. The first-order valence-corrected chi connectivity index (χ1v) is 6.49. The Morgan fingerprint density at radius 2 is 2.06 bits per heavy atom. The molecule has 0 spiro atoms. The lowest BCUT2D eigenvalue weighted by molar-refractivity contribution is 0.752. The molecule has 90 valence electrons. The van der Waals surface area contributed by atoms with Gasteiger partial charge in [-0.1, -0.05) is 23.2 Å². The van der Waals surface area contributed by atoms with Crippen molar-refractivity contribution in [2.24, 2.45) is 5.73 Å². The molecule has 1 unspecified atom stereocenters. The van der Waals surface area contributed by atoms with Crippen LogP contribution in [-0.2, 0) is 0 Å². The van der Waals surface area contributed by atoms with E-state index in [1.54, 1.807) is 12.5 Å². The van der Waals surface area contributed by atoms with Crippen LogP contribution in [-0.4, -0.2) is 9.55 Å². The highest BCUT2D eigenvalue weighted by atomic mass is 79.9. The normalized spacial score (nSPS) is 12.8. The second kappa shape index (κ2) is 4.98. The van der Waals surface area contributed by atoms with E-state index in [0.29, 0.717) is 10.0 Å². The maximum Gasteiger partial charge on any atom is 0.0995 e. The van der Waals surface area contributed by atoms with Crippen LogP contribution in [0, 0.1) is 0 Å². The monoisotopic (exact) mass is 333 g/mol. The van der Waals surface area contributed by atoms with Gasteiger partial charge in [0.1, 0.15) is 0 Å². The van der Waals surface area contributed by atoms with Gasteiger partial charge in [0, 0.05) is 10.5 Å². The first kappa shape index (κ1) is 12.9. The minimum atomic E-state index is -0.129. The molecule has 0 aliphatic heterocycles. The van der Waals surface area contributed by atoms with Gasteiger partial charge < -0.3 is 10.3 Å². The van der Waals surface area contributed by atoms with Crippen molar-refractivity contribution < 1.29 is 0 Å². The Hall–Kier alpha value is -0.550. The summed E-state index contributed by atoms with van der Waals surface area (Å²) in [6, 6.07) is 3.58. The SMILES string of the molecule is CC(N)c1cncn1-c1ccc(Br)c(Cl)c1Cl. The highest BCUT2D eigenvalue weighted by Gasteiger charge is 2.14. The number of aromatic nitrogens is 2. The summed E-state index contributed by atoms with van der Waals surface area (Å²) >= 11 is 15.6. The van der Waals surface area contributed by atoms with E-state index in [4.69, 9.17) is 28.9 Å². The minimum absolute atomic E-state index is 0.129. The molecule has 1 aromatic heterocycles.